The van der Waals surface area contributed by atoms with E-state index in [4.69, 9.17) is 9.47 Å². The number of aliphatic hydroxyl groups is 1. The van der Waals surface area contributed by atoms with Gasteiger partial charge < -0.3 is 24.4 Å². The first-order valence-corrected chi connectivity index (χ1v) is 12.8. The molecule has 1 N–H and O–H groups in total. The minimum atomic E-state index is -0.384. The molecular weight excluding hydrogens is 470 g/mol. The van der Waals surface area contributed by atoms with Gasteiger partial charge >= 0.3 is 0 Å². The summed E-state index contributed by atoms with van der Waals surface area (Å²) < 4.78 is 11.5. The Morgan fingerprint density at radius 3 is 2.62 bits per heavy atom. The van der Waals surface area contributed by atoms with Crippen LogP contribution in [0.5, 0.6) is 11.6 Å². The Kier molecular flexibility index (Phi) is 8.34. The maximum absolute atomic E-state index is 13.6. The Balaban J connectivity index is 1.61. The molecule has 8 nitrogen and oxygen atoms in total. The van der Waals surface area contributed by atoms with Crippen LogP contribution in [0.15, 0.2) is 36.5 Å². The highest BCUT2D eigenvalue weighted by Gasteiger charge is 2.35. The number of aromatic nitrogens is 1. The van der Waals surface area contributed by atoms with Crippen molar-refractivity contribution in [3.8, 4) is 23.5 Å². The zero-order chi connectivity index (χ0) is 26.5. The lowest BCUT2D eigenvalue weighted by molar-refractivity contribution is -0.131. The van der Waals surface area contributed by atoms with Gasteiger partial charge in [0.2, 0.25) is 11.8 Å². The average molecular weight is 506 g/mol. The summed E-state index contributed by atoms with van der Waals surface area (Å²) in [5.74, 6) is 7.39. The average Bonchev–Trinajstić information content (AvgIpc) is 3.73. The van der Waals surface area contributed by atoms with E-state index < -0.39 is 0 Å². The molecule has 1 fully saturated rings. The van der Waals surface area contributed by atoms with Gasteiger partial charge in [0.05, 0.1) is 26.3 Å². The summed E-state index contributed by atoms with van der Waals surface area (Å²) in [4.78, 5) is 34.1. The van der Waals surface area contributed by atoms with E-state index in [0.717, 1.165) is 24.2 Å². The number of nitrogens with zero attached hydrogens (tertiary/aromatic N) is 3. The molecule has 0 bridgehead atoms. The fourth-order valence-corrected chi connectivity index (χ4v) is 4.30. The van der Waals surface area contributed by atoms with Crippen LogP contribution >= 0.6 is 0 Å². The van der Waals surface area contributed by atoms with Crippen LogP contribution in [0.1, 0.15) is 54.6 Å². The normalized spacial score (nSPS) is 19.9. The van der Waals surface area contributed by atoms with Crippen LogP contribution in [-0.2, 0) is 4.79 Å². The number of benzene rings is 1. The zero-order valence-electron chi connectivity index (χ0n) is 21.9. The van der Waals surface area contributed by atoms with Gasteiger partial charge in [-0.3, -0.25) is 9.59 Å². The van der Waals surface area contributed by atoms with E-state index in [9.17, 15) is 14.7 Å². The molecule has 1 aliphatic heterocycles. The largest absolute Gasteiger partial charge is 0.497 e. The molecule has 0 saturated heterocycles. The van der Waals surface area contributed by atoms with Crippen molar-refractivity contribution in [2.75, 3.05) is 33.9 Å². The van der Waals surface area contributed by atoms with E-state index in [0.29, 0.717) is 36.6 Å². The number of pyridine rings is 1. The number of hydrogen-bond acceptors (Lipinski definition) is 6. The number of carbonyl (C=O) groups excluding carboxylic acids is 2. The number of carbonyl (C=O) groups is 2. The minimum absolute atomic E-state index is 0.0846. The SMILES string of the molecule is COc1ccc(C#Cc2cnc3c(c2)C(=O)N([C@@H](C)CO)C[C@@H](C)[C@@H](CN(C)C(=O)CC2CC2)O3)cc1. The Hall–Kier alpha value is -3.57. The van der Waals surface area contributed by atoms with Gasteiger partial charge in [-0.2, -0.15) is 0 Å². The first-order chi connectivity index (χ1) is 17.8. The van der Waals surface area contributed by atoms with Crippen LogP contribution in [0.3, 0.4) is 0 Å². The molecule has 2 amide bonds. The Morgan fingerprint density at radius 2 is 1.97 bits per heavy atom. The van der Waals surface area contributed by atoms with E-state index in [1.165, 1.54) is 0 Å². The van der Waals surface area contributed by atoms with E-state index >= 15 is 0 Å². The maximum atomic E-state index is 13.6. The molecule has 1 aliphatic carbocycles. The molecule has 0 unspecified atom stereocenters. The van der Waals surface area contributed by atoms with Gasteiger partial charge in [0.15, 0.2) is 0 Å². The summed E-state index contributed by atoms with van der Waals surface area (Å²) in [7, 11) is 3.41. The first-order valence-electron chi connectivity index (χ1n) is 12.8. The molecule has 2 aromatic rings. The van der Waals surface area contributed by atoms with Crippen molar-refractivity contribution in [2.24, 2.45) is 11.8 Å². The summed E-state index contributed by atoms with van der Waals surface area (Å²) in [6.45, 7) is 4.42. The number of fused-ring (bicyclic) bond motifs is 1. The van der Waals surface area contributed by atoms with Gasteiger partial charge in [0.25, 0.3) is 5.91 Å². The summed E-state index contributed by atoms with van der Waals surface area (Å²) >= 11 is 0. The monoisotopic (exact) mass is 505 g/mol. The lowest BCUT2D eigenvalue weighted by Crippen LogP contribution is -2.50. The summed E-state index contributed by atoms with van der Waals surface area (Å²) in [5, 5.41) is 9.85. The fourth-order valence-electron chi connectivity index (χ4n) is 4.30. The lowest BCUT2D eigenvalue weighted by atomic mass is 9.99. The maximum Gasteiger partial charge on any atom is 0.259 e. The standard InChI is InChI=1S/C29H35N3O5/c1-19-16-32(20(2)18-33)29(35)25-13-23(8-5-21-9-11-24(36-4)12-10-21)15-30-28(25)37-26(19)17-31(3)27(34)14-22-6-7-22/h9-13,15,19-20,22,26,33H,6-7,14,16-18H2,1-4H3/t19-,20+,26-/m1/s1. The molecule has 1 saturated carbocycles. The van der Waals surface area contributed by atoms with Gasteiger partial charge in [-0.25, -0.2) is 4.98 Å². The van der Waals surface area contributed by atoms with Crippen LogP contribution in [0.2, 0.25) is 0 Å². The third-order valence-corrected chi connectivity index (χ3v) is 7.00. The third-order valence-electron chi connectivity index (χ3n) is 7.00. The number of methoxy groups -OCH3 is 1. The number of amides is 2. The second kappa shape index (κ2) is 11.7. The molecule has 1 aromatic carbocycles. The molecule has 8 heteroatoms. The Morgan fingerprint density at radius 1 is 1.27 bits per heavy atom. The van der Waals surface area contributed by atoms with Gasteiger partial charge in [0, 0.05) is 43.3 Å². The smallest absolute Gasteiger partial charge is 0.259 e. The predicted molar refractivity (Wildman–Crippen MR) is 139 cm³/mol. The van der Waals surface area contributed by atoms with Gasteiger partial charge in [-0.15, -0.1) is 0 Å². The predicted octanol–water partition coefficient (Wildman–Crippen LogP) is 2.97. The van der Waals surface area contributed by atoms with Gasteiger partial charge in [-0.05, 0) is 56.0 Å². The topological polar surface area (TPSA) is 92.2 Å². The summed E-state index contributed by atoms with van der Waals surface area (Å²) in [5.41, 5.74) is 1.68. The van der Waals surface area contributed by atoms with Crippen LogP contribution in [0.4, 0.5) is 0 Å². The van der Waals surface area contributed by atoms with Gasteiger partial charge in [-0.1, -0.05) is 18.8 Å². The quantitative estimate of drug-likeness (QED) is 0.582. The molecule has 2 aliphatic rings. The van der Waals surface area contributed by atoms with E-state index in [-0.39, 0.29) is 42.4 Å². The molecular formula is C29H35N3O5. The van der Waals surface area contributed by atoms with Crippen molar-refractivity contribution in [2.45, 2.75) is 45.3 Å². The second-order valence-corrected chi connectivity index (χ2v) is 10.1. The molecule has 37 heavy (non-hydrogen) atoms. The highest BCUT2D eigenvalue weighted by Crippen LogP contribution is 2.33. The van der Waals surface area contributed by atoms with Gasteiger partial charge in [0.1, 0.15) is 17.4 Å². The molecule has 2 heterocycles. The minimum Gasteiger partial charge on any atom is -0.497 e. The molecule has 1 aromatic heterocycles. The lowest BCUT2D eigenvalue weighted by Gasteiger charge is -2.37. The number of likely N-dealkylation sites (N-methyl/N-ethyl adjacent to an activating group) is 1. The molecule has 4 rings (SSSR count). The van der Waals surface area contributed by atoms with Crippen LogP contribution < -0.4 is 9.47 Å². The van der Waals surface area contributed by atoms with E-state index in [1.807, 2.05) is 38.1 Å². The number of aliphatic hydroxyl groups excluding tert-OH is 1. The van der Waals surface area contributed by atoms with Crippen LogP contribution in [-0.4, -0.2) is 77.7 Å². The van der Waals surface area contributed by atoms with Crippen LogP contribution in [0, 0.1) is 23.7 Å². The summed E-state index contributed by atoms with van der Waals surface area (Å²) in [6.07, 6.45) is 4.03. The van der Waals surface area contributed by atoms with Crippen molar-refractivity contribution >= 4 is 11.8 Å². The molecule has 0 spiro atoms. The molecule has 196 valence electrons. The fraction of sp³-hybridized carbons (Fsp3) is 0.483. The van der Waals surface area contributed by atoms with E-state index in [1.54, 1.807) is 36.2 Å². The van der Waals surface area contributed by atoms with Crippen molar-refractivity contribution in [3.63, 3.8) is 0 Å². The van der Waals surface area contributed by atoms with Crippen molar-refractivity contribution < 1.29 is 24.2 Å². The molecule has 3 atom stereocenters. The number of rotatable bonds is 7. The number of hydrogen-bond donors (Lipinski definition) is 1. The van der Waals surface area contributed by atoms with Crippen molar-refractivity contribution in [1.29, 1.82) is 0 Å². The Bertz CT molecular complexity index is 1180. The zero-order valence-corrected chi connectivity index (χ0v) is 21.9. The van der Waals surface area contributed by atoms with Crippen molar-refractivity contribution in [3.05, 3.63) is 53.2 Å². The molecule has 0 radical (unpaired) electrons. The summed E-state index contributed by atoms with van der Waals surface area (Å²) in [6, 6.07) is 8.69. The van der Waals surface area contributed by atoms with E-state index in [2.05, 4.69) is 16.8 Å². The second-order valence-electron chi connectivity index (χ2n) is 10.1. The van der Waals surface area contributed by atoms with Crippen LogP contribution in [0.25, 0.3) is 0 Å². The third kappa shape index (κ3) is 6.60. The number of ether oxygens (including phenoxy) is 2. The Labute approximate surface area is 218 Å². The highest BCUT2D eigenvalue weighted by molar-refractivity contribution is 5.97. The van der Waals surface area contributed by atoms with Crippen molar-refractivity contribution in [1.82, 2.24) is 14.8 Å². The highest BCUT2D eigenvalue weighted by atomic mass is 16.5. The first kappa shape index (κ1) is 26.5.